The van der Waals surface area contributed by atoms with Gasteiger partial charge in [0, 0.05) is 26.7 Å². The number of ether oxygens (including phenoxy) is 3. The second kappa shape index (κ2) is 13.0. The Labute approximate surface area is 280 Å². The number of likely N-dealkylation sites (tertiary alicyclic amines) is 1. The van der Waals surface area contributed by atoms with Gasteiger partial charge in [0.1, 0.15) is 23.0 Å². The number of halogens is 2. The Balaban J connectivity index is 1.40. The Morgan fingerprint density at radius 1 is 1.28 bits per heavy atom. The van der Waals surface area contributed by atoms with Crippen molar-refractivity contribution in [2.24, 2.45) is 0 Å². The molecule has 1 N–H and O–H groups in total. The number of amides is 1. The van der Waals surface area contributed by atoms with E-state index in [4.69, 9.17) is 14.2 Å². The molecule has 0 unspecified atom stereocenters. The van der Waals surface area contributed by atoms with Crippen LogP contribution < -0.4 is 15.0 Å². The number of benzene rings is 2. The van der Waals surface area contributed by atoms with Gasteiger partial charge in [0.2, 0.25) is 0 Å². The number of nitrogens with zero attached hydrogens (tertiary/aromatic N) is 5. The summed E-state index contributed by atoms with van der Waals surface area (Å²) in [6.07, 6.45) is 2.84. The fourth-order valence-electron chi connectivity index (χ4n) is 5.62. The number of nitrogens with one attached hydrogen (secondary N) is 1. The highest BCUT2D eigenvalue weighted by Crippen LogP contribution is 2.42. The molecule has 2 aliphatic heterocycles. The summed E-state index contributed by atoms with van der Waals surface area (Å²) in [6.45, 7) is 8.49. The molecule has 0 bridgehead atoms. The lowest BCUT2D eigenvalue weighted by molar-refractivity contribution is -0.0486. The van der Waals surface area contributed by atoms with Gasteiger partial charge in [0.05, 0.1) is 45.6 Å². The van der Waals surface area contributed by atoms with E-state index in [1.807, 2.05) is 26.8 Å². The van der Waals surface area contributed by atoms with E-state index in [9.17, 15) is 23.3 Å². The number of hydrogen-bond donors (Lipinski definition) is 1. The second-order valence-electron chi connectivity index (χ2n) is 12.6. The Morgan fingerprint density at radius 2 is 1.98 bits per heavy atom. The van der Waals surface area contributed by atoms with Gasteiger partial charge in [-0.2, -0.15) is 18.0 Å². The minimum absolute atomic E-state index is 0.0175. The highest BCUT2D eigenvalue weighted by atomic mass is 79.9. The van der Waals surface area contributed by atoms with Crippen molar-refractivity contribution in [1.82, 2.24) is 18.8 Å². The molecule has 5 rings (SSSR count). The summed E-state index contributed by atoms with van der Waals surface area (Å²) in [5.41, 5.74) is -1.66. The molecule has 2 saturated heterocycles. The molecule has 252 valence electrons. The van der Waals surface area contributed by atoms with E-state index < -0.39 is 33.0 Å². The van der Waals surface area contributed by atoms with Crippen molar-refractivity contribution in [3.63, 3.8) is 0 Å². The number of rotatable bonds is 7. The molecule has 2 aromatic carbocycles. The highest BCUT2D eigenvalue weighted by Gasteiger charge is 2.45. The average molecular weight is 736 g/mol. The summed E-state index contributed by atoms with van der Waals surface area (Å²) in [6, 6.07) is 6.62. The van der Waals surface area contributed by atoms with Crippen molar-refractivity contribution in [2.75, 3.05) is 38.0 Å². The predicted molar refractivity (Wildman–Crippen MR) is 175 cm³/mol. The van der Waals surface area contributed by atoms with Crippen LogP contribution in [0.2, 0.25) is 0 Å². The number of carbonyl (C=O) groups is 1. The van der Waals surface area contributed by atoms with Crippen LogP contribution in [0.5, 0.6) is 11.5 Å². The smallest absolute Gasteiger partial charge is 0.410 e. The number of hydrogen-bond acceptors (Lipinski definition) is 9. The van der Waals surface area contributed by atoms with E-state index in [-0.39, 0.29) is 57.7 Å². The maximum Gasteiger partial charge on any atom is 0.410 e. The summed E-state index contributed by atoms with van der Waals surface area (Å²) >= 11 is 3.43. The van der Waals surface area contributed by atoms with Gasteiger partial charge in [0.25, 0.3) is 5.56 Å². The van der Waals surface area contributed by atoms with Gasteiger partial charge in [-0.25, -0.2) is 14.2 Å². The Kier molecular flexibility index (Phi) is 9.57. The molecule has 1 atom stereocenters. The Bertz CT molecular complexity index is 1920. The first-order chi connectivity index (χ1) is 22.1. The molecule has 3 heterocycles. The van der Waals surface area contributed by atoms with Crippen LogP contribution in [0.15, 0.2) is 39.9 Å². The molecule has 16 heteroatoms. The number of piperidine rings is 1. The molecular formula is C31H36BrFN6O7S. The first-order valence-electron chi connectivity index (χ1n) is 15.0. The van der Waals surface area contributed by atoms with Gasteiger partial charge in [0.15, 0.2) is 11.6 Å². The van der Waals surface area contributed by atoms with E-state index in [2.05, 4.69) is 25.6 Å². The molecule has 1 amide bonds. The van der Waals surface area contributed by atoms with Gasteiger partial charge < -0.3 is 19.1 Å². The van der Waals surface area contributed by atoms with E-state index in [0.717, 1.165) is 16.4 Å². The molecular weight excluding hydrogens is 699 g/mol. The number of anilines is 1. The zero-order valence-electron chi connectivity index (χ0n) is 26.7. The lowest BCUT2D eigenvalue weighted by atomic mass is 9.87. The normalized spacial score (nSPS) is 18.0. The van der Waals surface area contributed by atoms with Gasteiger partial charge in [-0.05, 0) is 80.2 Å². The van der Waals surface area contributed by atoms with E-state index in [1.165, 1.54) is 30.1 Å². The van der Waals surface area contributed by atoms with Crippen LogP contribution in [0.4, 0.5) is 14.9 Å². The van der Waals surface area contributed by atoms with Crippen LogP contribution in [0.25, 0.3) is 10.9 Å². The molecule has 1 aromatic heterocycles. The largest absolute Gasteiger partial charge is 0.452 e. The highest BCUT2D eigenvalue weighted by molar-refractivity contribution is 9.10. The molecule has 2 fully saturated rings. The molecule has 0 radical (unpaired) electrons. The van der Waals surface area contributed by atoms with E-state index in [1.54, 1.807) is 11.8 Å². The van der Waals surface area contributed by atoms with Crippen molar-refractivity contribution >= 4 is 48.8 Å². The average Bonchev–Trinajstić information content (AvgIpc) is 3.41. The maximum absolute atomic E-state index is 15.1. The topological polar surface area (TPSA) is 156 Å². The van der Waals surface area contributed by atoms with Gasteiger partial charge in [-0.15, -0.1) is 0 Å². The van der Waals surface area contributed by atoms with E-state index >= 15 is 4.39 Å². The van der Waals surface area contributed by atoms with Crippen LogP contribution in [0.1, 0.15) is 58.6 Å². The van der Waals surface area contributed by atoms with Crippen molar-refractivity contribution in [3.8, 4) is 17.6 Å². The first-order valence-corrected chi connectivity index (χ1v) is 17.3. The van der Waals surface area contributed by atoms with Crippen molar-refractivity contribution in [2.45, 2.75) is 64.2 Å². The molecule has 47 heavy (non-hydrogen) atoms. The van der Waals surface area contributed by atoms with Gasteiger partial charge in [-0.1, -0.05) is 6.92 Å². The minimum Gasteiger partial charge on any atom is -0.452 e. The van der Waals surface area contributed by atoms with Gasteiger partial charge >= 0.3 is 16.3 Å². The first kappa shape index (κ1) is 34.6. The molecule has 1 spiro atoms. The quantitative estimate of drug-likeness (QED) is 0.340. The predicted octanol–water partition coefficient (Wildman–Crippen LogP) is 5.30. The summed E-state index contributed by atoms with van der Waals surface area (Å²) in [5, 5.41) is 10.0. The lowest BCUT2D eigenvalue weighted by Crippen LogP contribution is -2.48. The second-order valence-corrected chi connectivity index (χ2v) is 15.2. The number of fused-ring (bicyclic) bond motifs is 1. The molecule has 3 aromatic rings. The standard InChI is InChI=1S/C31H36BrFN6O7S/c1-6-37(5)47(42,43)36-22-8-7-21(33)27(20(22)16-34)45-24-10-9-23-25(26(24)32)28(40)39(18-35-23)19-15-31(44-17-19)11-13-38(14-12-31)29(41)46-30(2,3)4/h7-10,18-19,36H,6,11-15,17H2,1-5H3/t19-/m1/s1. The summed E-state index contributed by atoms with van der Waals surface area (Å²) in [5.74, 6) is -1.40. The zero-order valence-corrected chi connectivity index (χ0v) is 29.1. The Hall–Kier alpha value is -3.78. The number of aromatic nitrogens is 2. The third-order valence-corrected chi connectivity index (χ3v) is 10.6. The summed E-state index contributed by atoms with van der Waals surface area (Å²) in [4.78, 5) is 32.6. The third-order valence-electron chi connectivity index (χ3n) is 8.29. The van der Waals surface area contributed by atoms with Crippen molar-refractivity contribution in [3.05, 3.63) is 56.8 Å². The van der Waals surface area contributed by atoms with Crippen LogP contribution >= 0.6 is 15.9 Å². The van der Waals surface area contributed by atoms with Crippen molar-refractivity contribution in [1.29, 1.82) is 5.26 Å². The summed E-state index contributed by atoms with van der Waals surface area (Å²) in [7, 11) is -2.66. The van der Waals surface area contributed by atoms with Crippen LogP contribution in [0.3, 0.4) is 0 Å². The van der Waals surface area contributed by atoms with Gasteiger partial charge in [-0.3, -0.25) is 14.1 Å². The molecule has 0 aliphatic carbocycles. The number of carbonyl (C=O) groups excluding carboxylic acids is 1. The fraction of sp³-hybridized carbons (Fsp3) is 0.484. The van der Waals surface area contributed by atoms with E-state index in [0.29, 0.717) is 37.9 Å². The SMILES string of the molecule is CCN(C)S(=O)(=O)Nc1ccc(F)c(Oc2ccc3ncn([C@H]4COC5(CCN(C(=O)OC(C)(C)C)CC5)C4)c(=O)c3c2Br)c1C#N. The molecule has 0 saturated carbocycles. The third kappa shape index (κ3) is 7.08. The van der Waals surface area contributed by atoms with Crippen LogP contribution in [0, 0.1) is 17.1 Å². The summed E-state index contributed by atoms with van der Waals surface area (Å²) < 4.78 is 62.9. The Morgan fingerprint density at radius 3 is 2.62 bits per heavy atom. The van der Waals surface area contributed by atoms with Crippen LogP contribution in [-0.4, -0.2) is 77.8 Å². The number of nitriles is 1. The van der Waals surface area contributed by atoms with Crippen molar-refractivity contribution < 1.29 is 31.8 Å². The van der Waals surface area contributed by atoms with Crippen LogP contribution in [-0.2, 0) is 19.7 Å². The minimum atomic E-state index is -4.02. The fourth-order valence-corrected chi connectivity index (χ4v) is 7.15. The lowest BCUT2D eigenvalue weighted by Gasteiger charge is -2.39. The molecule has 2 aliphatic rings. The molecule has 13 nitrogen and oxygen atoms in total. The monoisotopic (exact) mass is 734 g/mol. The maximum atomic E-state index is 15.1. The zero-order chi connectivity index (χ0) is 34.3.